The van der Waals surface area contributed by atoms with Crippen LogP contribution in [0.1, 0.15) is 5.56 Å². The van der Waals surface area contributed by atoms with E-state index in [1.54, 1.807) is 12.1 Å². The minimum atomic E-state index is -4.96. The first-order chi connectivity index (χ1) is 10.8. The van der Waals surface area contributed by atoms with Crippen molar-refractivity contribution >= 4 is 17.2 Å². The van der Waals surface area contributed by atoms with E-state index in [0.29, 0.717) is 11.3 Å². The highest BCUT2D eigenvalue weighted by atomic mass is 19.4. The van der Waals surface area contributed by atoms with E-state index in [0.717, 1.165) is 12.1 Å². The molecule has 0 atom stereocenters. The van der Waals surface area contributed by atoms with Gasteiger partial charge < -0.3 is 15.2 Å². The molecule has 2 aromatic rings. The molecule has 0 aliphatic heterocycles. The SMILES string of the molecule is O=[N+]([O-])c1ccc(OC(F)(F)F)nc1Nc1ccc(CO)cc1. The largest absolute Gasteiger partial charge is 0.574 e. The van der Waals surface area contributed by atoms with Gasteiger partial charge in [0.25, 0.3) is 0 Å². The molecule has 10 heteroatoms. The highest BCUT2D eigenvalue weighted by Crippen LogP contribution is 2.30. The lowest BCUT2D eigenvalue weighted by molar-refractivity contribution is -0.384. The molecule has 0 fully saturated rings. The Balaban J connectivity index is 2.32. The Morgan fingerprint density at radius 3 is 2.39 bits per heavy atom. The van der Waals surface area contributed by atoms with Gasteiger partial charge in [-0.3, -0.25) is 10.1 Å². The Bertz CT molecular complexity index is 705. The van der Waals surface area contributed by atoms with E-state index < -0.39 is 28.7 Å². The molecule has 0 bridgehead atoms. The summed E-state index contributed by atoms with van der Waals surface area (Å²) in [5.74, 6) is -1.22. The maximum Gasteiger partial charge on any atom is 0.574 e. The van der Waals surface area contributed by atoms with Gasteiger partial charge in [-0.1, -0.05) is 12.1 Å². The van der Waals surface area contributed by atoms with Gasteiger partial charge >= 0.3 is 12.0 Å². The van der Waals surface area contributed by atoms with Crippen molar-refractivity contribution in [3.05, 3.63) is 52.1 Å². The predicted molar refractivity (Wildman–Crippen MR) is 73.2 cm³/mol. The maximum absolute atomic E-state index is 12.2. The molecule has 0 aliphatic carbocycles. The Morgan fingerprint density at radius 2 is 1.87 bits per heavy atom. The van der Waals surface area contributed by atoms with E-state index in [1.807, 2.05) is 0 Å². The summed E-state index contributed by atoms with van der Waals surface area (Å²) in [6, 6.07) is 7.70. The molecule has 1 aromatic heterocycles. The van der Waals surface area contributed by atoms with Crippen molar-refractivity contribution in [1.82, 2.24) is 4.98 Å². The summed E-state index contributed by atoms with van der Waals surface area (Å²) < 4.78 is 40.3. The van der Waals surface area contributed by atoms with E-state index in [4.69, 9.17) is 5.11 Å². The Kier molecular flexibility index (Phi) is 4.65. The molecule has 0 radical (unpaired) electrons. The van der Waals surface area contributed by atoms with Gasteiger partial charge in [0, 0.05) is 17.8 Å². The van der Waals surface area contributed by atoms with Gasteiger partial charge in [-0.05, 0) is 17.7 Å². The Morgan fingerprint density at radius 1 is 1.22 bits per heavy atom. The number of benzene rings is 1. The lowest BCUT2D eigenvalue weighted by atomic mass is 10.2. The van der Waals surface area contributed by atoms with E-state index >= 15 is 0 Å². The number of aliphatic hydroxyl groups excluding tert-OH is 1. The lowest BCUT2D eigenvalue weighted by Gasteiger charge is -2.11. The number of rotatable bonds is 5. The zero-order valence-electron chi connectivity index (χ0n) is 11.4. The van der Waals surface area contributed by atoms with Gasteiger partial charge in [0.2, 0.25) is 11.7 Å². The Hall–Kier alpha value is -2.88. The van der Waals surface area contributed by atoms with Gasteiger partial charge in [0.05, 0.1) is 11.5 Å². The minimum absolute atomic E-state index is 0.187. The van der Waals surface area contributed by atoms with Crippen molar-refractivity contribution in [3.63, 3.8) is 0 Å². The standard InChI is InChI=1S/C13H10F3N3O4/c14-13(15,16)23-11-6-5-10(19(21)22)12(18-11)17-9-3-1-8(7-20)2-4-9/h1-6,20H,7H2,(H,17,18). The molecule has 1 aromatic carbocycles. The highest BCUT2D eigenvalue weighted by molar-refractivity contribution is 5.66. The molecule has 0 unspecified atom stereocenters. The number of alkyl halides is 3. The van der Waals surface area contributed by atoms with Crippen molar-refractivity contribution in [2.75, 3.05) is 5.32 Å². The molecule has 2 rings (SSSR count). The fourth-order valence-corrected chi connectivity index (χ4v) is 1.68. The van der Waals surface area contributed by atoms with Crippen molar-refractivity contribution in [2.45, 2.75) is 13.0 Å². The van der Waals surface area contributed by atoms with Crippen molar-refractivity contribution < 1.29 is 27.9 Å². The number of anilines is 2. The third-order valence-corrected chi connectivity index (χ3v) is 2.66. The van der Waals surface area contributed by atoms with Gasteiger partial charge in [0.15, 0.2) is 0 Å². The fourth-order valence-electron chi connectivity index (χ4n) is 1.68. The number of nitro groups is 1. The van der Waals surface area contributed by atoms with Gasteiger partial charge in [0.1, 0.15) is 0 Å². The van der Waals surface area contributed by atoms with Crippen LogP contribution in [0.3, 0.4) is 0 Å². The van der Waals surface area contributed by atoms with Crippen LogP contribution in [0.4, 0.5) is 30.4 Å². The van der Waals surface area contributed by atoms with Crippen LogP contribution in [0, 0.1) is 10.1 Å². The number of halogens is 3. The summed E-state index contributed by atoms with van der Waals surface area (Å²) in [6.45, 7) is -0.187. The Labute approximate surface area is 127 Å². The monoisotopic (exact) mass is 329 g/mol. The third-order valence-electron chi connectivity index (χ3n) is 2.66. The van der Waals surface area contributed by atoms with Crippen LogP contribution in [-0.4, -0.2) is 21.4 Å². The first-order valence-corrected chi connectivity index (χ1v) is 6.16. The second-order valence-corrected chi connectivity index (χ2v) is 4.30. The summed E-state index contributed by atoms with van der Waals surface area (Å²) in [5, 5.41) is 22.4. The van der Waals surface area contributed by atoms with Crippen LogP contribution in [0.15, 0.2) is 36.4 Å². The second kappa shape index (κ2) is 6.48. The van der Waals surface area contributed by atoms with Crippen molar-refractivity contribution in [1.29, 1.82) is 0 Å². The molecule has 0 aliphatic rings. The normalized spacial score (nSPS) is 11.1. The minimum Gasteiger partial charge on any atom is -0.392 e. The molecule has 0 amide bonds. The zero-order valence-corrected chi connectivity index (χ0v) is 11.4. The molecule has 23 heavy (non-hydrogen) atoms. The molecule has 0 spiro atoms. The summed E-state index contributed by atoms with van der Waals surface area (Å²) in [4.78, 5) is 13.6. The molecule has 122 valence electrons. The summed E-state index contributed by atoms with van der Waals surface area (Å²) in [5.41, 5.74) is 0.444. The van der Waals surface area contributed by atoms with Crippen molar-refractivity contribution in [2.24, 2.45) is 0 Å². The van der Waals surface area contributed by atoms with E-state index in [-0.39, 0.29) is 6.61 Å². The topological polar surface area (TPSA) is 97.5 Å². The average Bonchev–Trinajstić information content (AvgIpc) is 2.46. The maximum atomic E-state index is 12.2. The molecule has 2 N–H and O–H groups in total. The lowest BCUT2D eigenvalue weighted by Crippen LogP contribution is -2.18. The smallest absolute Gasteiger partial charge is 0.392 e. The summed E-state index contributed by atoms with van der Waals surface area (Å²) in [7, 11) is 0. The molecule has 1 heterocycles. The van der Waals surface area contributed by atoms with Crippen LogP contribution in [0.25, 0.3) is 0 Å². The van der Waals surface area contributed by atoms with Crippen LogP contribution >= 0.6 is 0 Å². The summed E-state index contributed by atoms with van der Waals surface area (Å²) in [6.07, 6.45) is -4.96. The van der Waals surface area contributed by atoms with E-state index in [1.165, 1.54) is 12.1 Å². The number of aromatic nitrogens is 1. The third kappa shape index (κ3) is 4.54. The first-order valence-electron chi connectivity index (χ1n) is 6.16. The van der Waals surface area contributed by atoms with Gasteiger partial charge in [-0.25, -0.2) is 0 Å². The number of nitrogens with one attached hydrogen (secondary N) is 1. The van der Waals surface area contributed by atoms with E-state index in [2.05, 4.69) is 15.0 Å². The zero-order chi connectivity index (χ0) is 17.0. The van der Waals surface area contributed by atoms with Crippen LogP contribution in [0.5, 0.6) is 5.88 Å². The highest BCUT2D eigenvalue weighted by Gasteiger charge is 2.32. The fraction of sp³-hybridized carbons (Fsp3) is 0.154. The van der Waals surface area contributed by atoms with E-state index in [9.17, 15) is 23.3 Å². The van der Waals surface area contributed by atoms with Crippen molar-refractivity contribution in [3.8, 4) is 5.88 Å². The molecular weight excluding hydrogens is 319 g/mol. The molecule has 0 saturated carbocycles. The van der Waals surface area contributed by atoms with Crippen LogP contribution in [-0.2, 0) is 6.61 Å². The number of nitrogens with zero attached hydrogens (tertiary/aromatic N) is 2. The number of hydrogen-bond acceptors (Lipinski definition) is 6. The van der Waals surface area contributed by atoms with Gasteiger partial charge in [-0.15, -0.1) is 13.2 Å². The first kappa shape index (κ1) is 16.5. The predicted octanol–water partition coefficient (Wildman–Crippen LogP) is 3.12. The average molecular weight is 329 g/mol. The molecular formula is C13H10F3N3O4. The molecule has 0 saturated heterocycles. The number of ether oxygens (including phenoxy) is 1. The van der Waals surface area contributed by atoms with Gasteiger partial charge in [-0.2, -0.15) is 4.98 Å². The summed E-state index contributed by atoms with van der Waals surface area (Å²) >= 11 is 0. The number of pyridine rings is 1. The number of aliphatic hydroxyl groups is 1. The van der Waals surface area contributed by atoms with Crippen LogP contribution < -0.4 is 10.1 Å². The van der Waals surface area contributed by atoms with Crippen LogP contribution in [0.2, 0.25) is 0 Å². The second-order valence-electron chi connectivity index (χ2n) is 4.30. The molecule has 7 nitrogen and oxygen atoms in total. The quantitative estimate of drug-likeness (QED) is 0.646. The number of hydrogen-bond donors (Lipinski definition) is 2.